The molecule has 3 saturated carbocycles. The Labute approximate surface area is 371 Å². The van der Waals surface area contributed by atoms with E-state index in [0.29, 0.717) is 10.8 Å². The summed E-state index contributed by atoms with van der Waals surface area (Å²) < 4.78 is 0. The second-order valence-electron chi connectivity index (χ2n) is 23.3. The number of hydrogen-bond acceptors (Lipinski definition) is 1. The van der Waals surface area contributed by atoms with E-state index in [1.54, 1.807) is 6.42 Å². The van der Waals surface area contributed by atoms with Gasteiger partial charge in [0.05, 0.1) is 0 Å². The normalized spacial score (nSPS) is 31.5. The molecule has 342 valence electrons. The molecule has 1 heteroatoms. The van der Waals surface area contributed by atoms with Crippen molar-refractivity contribution in [3.05, 3.63) is 23.8 Å². The maximum absolute atomic E-state index is 2.88. The maximum Gasteiger partial charge on any atom is 0.00101 e. The Morgan fingerprint density at radius 1 is 0.644 bits per heavy atom. The molecule has 0 radical (unpaired) electrons. The van der Waals surface area contributed by atoms with Gasteiger partial charge in [0, 0.05) is 13.1 Å². The lowest BCUT2D eigenvalue weighted by atomic mass is 9.46. The van der Waals surface area contributed by atoms with E-state index < -0.39 is 0 Å². The Balaban J connectivity index is 0.955. The summed E-state index contributed by atoms with van der Waals surface area (Å²) in [5, 5.41) is 0. The minimum Gasteiger partial charge on any atom is -0.303 e. The molecule has 0 aromatic carbocycles. The van der Waals surface area contributed by atoms with Crippen molar-refractivity contribution in [1.82, 2.24) is 4.90 Å². The van der Waals surface area contributed by atoms with Gasteiger partial charge in [0.2, 0.25) is 0 Å². The predicted molar refractivity (Wildman–Crippen MR) is 262 cm³/mol. The van der Waals surface area contributed by atoms with Crippen LogP contribution in [0.25, 0.3) is 0 Å². The summed E-state index contributed by atoms with van der Waals surface area (Å²) in [6.45, 7) is 19.2. The molecule has 0 bridgehead atoms. The summed E-state index contributed by atoms with van der Waals surface area (Å²) in [6, 6.07) is 0. The van der Waals surface area contributed by atoms with Gasteiger partial charge in [-0.2, -0.15) is 0 Å². The summed E-state index contributed by atoms with van der Waals surface area (Å²) in [5.41, 5.74) is 3.11. The topological polar surface area (TPSA) is 3.24 Å². The van der Waals surface area contributed by atoms with Crippen LogP contribution in [0, 0.1) is 58.2 Å². The Morgan fingerprint density at radius 3 is 1.97 bits per heavy atom. The predicted octanol–water partition coefficient (Wildman–Crippen LogP) is 18.5. The van der Waals surface area contributed by atoms with Crippen LogP contribution in [0.1, 0.15) is 266 Å². The zero-order valence-electron chi connectivity index (χ0n) is 41.2. The zero-order valence-corrected chi connectivity index (χ0v) is 41.2. The van der Waals surface area contributed by atoms with E-state index in [1.165, 1.54) is 238 Å². The summed E-state index contributed by atoms with van der Waals surface area (Å²) in [5.74, 6) is 7.75. The number of rotatable bonds is 31. The molecule has 7 unspecified atom stereocenters. The van der Waals surface area contributed by atoms with E-state index in [2.05, 4.69) is 64.7 Å². The molecule has 4 fully saturated rings. The van der Waals surface area contributed by atoms with Gasteiger partial charge in [-0.1, -0.05) is 187 Å². The van der Waals surface area contributed by atoms with Crippen molar-refractivity contribution in [3.63, 3.8) is 0 Å². The molecule has 59 heavy (non-hydrogen) atoms. The molecule has 0 aromatic heterocycles. The fourth-order valence-corrected chi connectivity index (χ4v) is 14.5. The summed E-state index contributed by atoms with van der Waals surface area (Å²) >= 11 is 0. The molecule has 4 aliphatic carbocycles. The van der Waals surface area contributed by atoms with Gasteiger partial charge in [0.15, 0.2) is 0 Å². The minimum atomic E-state index is 0.525. The van der Waals surface area contributed by atoms with Crippen molar-refractivity contribution in [3.8, 4) is 0 Å². The monoisotopic (exact) mass is 816 g/mol. The molecular formula is C58H105N. The van der Waals surface area contributed by atoms with Crippen molar-refractivity contribution in [1.29, 1.82) is 0 Å². The molecule has 1 heterocycles. The van der Waals surface area contributed by atoms with Gasteiger partial charge < -0.3 is 4.90 Å². The van der Waals surface area contributed by atoms with Crippen LogP contribution in [0.15, 0.2) is 23.8 Å². The molecular weight excluding hydrogens is 711 g/mol. The van der Waals surface area contributed by atoms with Gasteiger partial charge in [-0.3, -0.25) is 0 Å². The number of nitrogens with zero attached hydrogens (tertiary/aromatic N) is 1. The maximum atomic E-state index is 2.88. The van der Waals surface area contributed by atoms with Crippen molar-refractivity contribution in [2.24, 2.45) is 58.2 Å². The van der Waals surface area contributed by atoms with Crippen LogP contribution in [-0.2, 0) is 0 Å². The summed E-state index contributed by atoms with van der Waals surface area (Å²) in [6.07, 6.45) is 58.9. The van der Waals surface area contributed by atoms with Gasteiger partial charge in [0.25, 0.3) is 0 Å². The molecule has 5 aliphatic rings. The molecule has 0 aromatic rings. The molecule has 1 saturated heterocycles. The third-order valence-electron chi connectivity index (χ3n) is 18.5. The van der Waals surface area contributed by atoms with Crippen molar-refractivity contribution in [2.45, 2.75) is 266 Å². The Bertz CT molecular complexity index is 1160. The molecule has 0 amide bonds. The smallest absolute Gasteiger partial charge is 0.00101 e. The zero-order chi connectivity index (χ0) is 41.8. The Kier molecular flexibility index (Phi) is 22.6. The third kappa shape index (κ3) is 15.6. The molecule has 1 aliphatic heterocycles. The van der Waals surface area contributed by atoms with Crippen LogP contribution in [0.4, 0.5) is 0 Å². The first kappa shape index (κ1) is 49.5. The standard InChI is InChI=1S/C58H105N/c1-7-9-10-11-12-13-14-15-16-17-18-19-20-21-22-23-24-25-32-51(47-59-44-41-49(8-2)46-59)33-28-27-31-50-39-42-58(6)53(45-50)35-37-54-55-38-36-52(34-29-26-30-48(3)4)57(55,5)43-40-56(54)58/h15-16,35,48-52,54-56H,7-14,17-34,36-47H2,1-6H3/b16-15-/t49?,50?,51?,52?,54?,55?,56?,57-,58+/m1/s1. The van der Waals surface area contributed by atoms with Crippen molar-refractivity contribution in [2.75, 3.05) is 19.6 Å². The lowest BCUT2D eigenvalue weighted by molar-refractivity contribution is -0.0458. The first-order valence-corrected chi connectivity index (χ1v) is 27.8. The van der Waals surface area contributed by atoms with Gasteiger partial charge in [-0.25, -0.2) is 0 Å². The first-order chi connectivity index (χ1) is 28.8. The number of allylic oxidation sites excluding steroid dienone is 4. The van der Waals surface area contributed by atoms with Crippen LogP contribution in [0.2, 0.25) is 0 Å². The van der Waals surface area contributed by atoms with Crippen molar-refractivity contribution >= 4 is 0 Å². The quantitative estimate of drug-likeness (QED) is 0.0498. The SMILES string of the molecule is CCCCCCCC/C=C\CCCCCCCCCCC(CCCCC1CC[C@@]2(C)C(=CCC3C4CCC(CCCCC(C)C)[C@@]4(C)CCC32)C1)CN1CCC(CC)C1. The van der Waals surface area contributed by atoms with E-state index in [-0.39, 0.29) is 0 Å². The van der Waals surface area contributed by atoms with Crippen LogP contribution in [0.5, 0.6) is 0 Å². The number of hydrogen-bond donors (Lipinski definition) is 0. The average molecular weight is 816 g/mol. The lowest BCUT2D eigenvalue weighted by Crippen LogP contribution is -2.50. The van der Waals surface area contributed by atoms with E-state index in [1.807, 2.05) is 5.57 Å². The molecule has 0 N–H and O–H groups in total. The molecule has 1 nitrogen and oxygen atoms in total. The van der Waals surface area contributed by atoms with Crippen LogP contribution < -0.4 is 0 Å². The van der Waals surface area contributed by atoms with Gasteiger partial charge >= 0.3 is 0 Å². The Hall–Kier alpha value is -0.560. The Morgan fingerprint density at radius 2 is 1.29 bits per heavy atom. The molecule has 0 spiro atoms. The summed E-state index contributed by atoms with van der Waals surface area (Å²) in [7, 11) is 0. The highest BCUT2D eigenvalue weighted by Gasteiger charge is 2.58. The van der Waals surface area contributed by atoms with Crippen molar-refractivity contribution < 1.29 is 0 Å². The second kappa shape index (κ2) is 26.9. The van der Waals surface area contributed by atoms with Crippen LogP contribution >= 0.6 is 0 Å². The summed E-state index contributed by atoms with van der Waals surface area (Å²) in [4.78, 5) is 2.88. The van der Waals surface area contributed by atoms with Gasteiger partial charge in [-0.05, 0) is 167 Å². The van der Waals surface area contributed by atoms with E-state index in [4.69, 9.17) is 0 Å². The van der Waals surface area contributed by atoms with E-state index in [9.17, 15) is 0 Å². The average Bonchev–Trinajstić information content (AvgIpc) is 3.83. The molecule has 5 rings (SSSR count). The van der Waals surface area contributed by atoms with E-state index >= 15 is 0 Å². The van der Waals surface area contributed by atoms with Gasteiger partial charge in [-0.15, -0.1) is 0 Å². The minimum absolute atomic E-state index is 0.525. The van der Waals surface area contributed by atoms with E-state index in [0.717, 1.165) is 47.3 Å². The van der Waals surface area contributed by atoms with Gasteiger partial charge in [0.1, 0.15) is 0 Å². The fourth-order valence-electron chi connectivity index (χ4n) is 14.5. The number of fused-ring (bicyclic) bond motifs is 5. The first-order valence-electron chi connectivity index (χ1n) is 27.8. The highest BCUT2D eigenvalue weighted by molar-refractivity contribution is 5.25. The largest absolute Gasteiger partial charge is 0.303 e. The number of unbranched alkanes of at least 4 members (excludes halogenated alkanes) is 16. The highest BCUT2D eigenvalue weighted by atomic mass is 15.1. The molecule has 9 atom stereocenters. The highest BCUT2D eigenvalue weighted by Crippen LogP contribution is 2.67. The lowest BCUT2D eigenvalue weighted by Gasteiger charge is -2.58. The third-order valence-corrected chi connectivity index (χ3v) is 18.5. The van der Waals surface area contributed by atoms with Crippen LogP contribution in [0.3, 0.4) is 0 Å². The van der Waals surface area contributed by atoms with Crippen LogP contribution in [-0.4, -0.2) is 24.5 Å². The second-order valence-corrected chi connectivity index (χ2v) is 23.3. The number of likely N-dealkylation sites (tertiary alicyclic amines) is 1. The fraction of sp³-hybridized carbons (Fsp3) is 0.931.